The zero-order valence-corrected chi connectivity index (χ0v) is 14.6. The first-order chi connectivity index (χ1) is 12.6. The fourth-order valence-electron chi connectivity index (χ4n) is 3.04. The van der Waals surface area contributed by atoms with Gasteiger partial charge in [-0.1, -0.05) is 12.1 Å². The van der Waals surface area contributed by atoms with E-state index < -0.39 is 0 Å². The number of imidazole rings is 1. The lowest BCUT2D eigenvalue weighted by Gasteiger charge is -2.11. The third kappa shape index (κ3) is 3.01. The number of aromatic nitrogens is 2. The summed E-state index contributed by atoms with van der Waals surface area (Å²) in [5.74, 6) is 1.37. The number of nitrogens with one attached hydrogen (secondary N) is 2. The summed E-state index contributed by atoms with van der Waals surface area (Å²) in [4.78, 5) is 20.2. The molecule has 1 amide bonds. The van der Waals surface area contributed by atoms with Gasteiger partial charge in [0, 0.05) is 17.0 Å². The fraction of sp³-hybridized carbons (Fsp3) is 0.200. The second-order valence-corrected chi connectivity index (χ2v) is 6.23. The van der Waals surface area contributed by atoms with Crippen molar-refractivity contribution in [2.24, 2.45) is 0 Å². The van der Waals surface area contributed by atoms with Gasteiger partial charge in [-0.15, -0.1) is 0 Å². The number of hydrogen-bond acceptors (Lipinski definition) is 4. The van der Waals surface area contributed by atoms with E-state index >= 15 is 0 Å². The molecule has 0 bridgehead atoms. The van der Waals surface area contributed by atoms with Crippen molar-refractivity contribution in [3.05, 3.63) is 60.1 Å². The molecule has 0 saturated heterocycles. The van der Waals surface area contributed by atoms with Crippen molar-refractivity contribution >= 4 is 27.9 Å². The van der Waals surface area contributed by atoms with Gasteiger partial charge < -0.3 is 19.5 Å². The van der Waals surface area contributed by atoms with Crippen molar-refractivity contribution in [1.29, 1.82) is 0 Å². The van der Waals surface area contributed by atoms with Crippen LogP contribution in [0, 0.1) is 0 Å². The highest BCUT2D eigenvalue weighted by atomic mass is 16.5. The first-order valence-electron chi connectivity index (χ1n) is 8.42. The molecule has 0 fully saturated rings. The molecule has 2 N–H and O–H groups in total. The fourth-order valence-corrected chi connectivity index (χ4v) is 3.04. The minimum absolute atomic E-state index is 0.0866. The quantitative estimate of drug-likeness (QED) is 0.575. The minimum atomic E-state index is -0.215. The molecule has 2 aromatic heterocycles. The largest absolute Gasteiger partial charge is 0.497 e. The molecule has 6 nitrogen and oxygen atoms in total. The Balaban J connectivity index is 1.48. The van der Waals surface area contributed by atoms with Gasteiger partial charge in [-0.05, 0) is 31.2 Å². The molecule has 0 aliphatic heterocycles. The van der Waals surface area contributed by atoms with E-state index in [-0.39, 0.29) is 18.4 Å². The van der Waals surface area contributed by atoms with Crippen LogP contribution in [0.2, 0.25) is 0 Å². The Morgan fingerprint density at radius 3 is 2.96 bits per heavy atom. The molecule has 26 heavy (non-hydrogen) atoms. The molecule has 4 rings (SSSR count). The van der Waals surface area contributed by atoms with Crippen LogP contribution >= 0.6 is 0 Å². The summed E-state index contributed by atoms with van der Waals surface area (Å²) in [5.41, 5.74) is 3.39. The van der Waals surface area contributed by atoms with Crippen molar-refractivity contribution in [3.63, 3.8) is 0 Å². The van der Waals surface area contributed by atoms with Gasteiger partial charge in [0.2, 0.25) is 5.91 Å². The number of H-pyrrole nitrogens is 1. The van der Waals surface area contributed by atoms with Crippen LogP contribution in [-0.2, 0) is 11.2 Å². The van der Waals surface area contributed by atoms with E-state index in [1.54, 1.807) is 13.4 Å². The van der Waals surface area contributed by atoms with Crippen molar-refractivity contribution in [2.45, 2.75) is 19.4 Å². The number of ether oxygens (including phenoxy) is 1. The van der Waals surface area contributed by atoms with Crippen molar-refractivity contribution < 1.29 is 13.9 Å². The Bertz CT molecular complexity index is 1050. The Morgan fingerprint density at radius 2 is 2.15 bits per heavy atom. The van der Waals surface area contributed by atoms with Crippen LogP contribution in [0.5, 0.6) is 5.75 Å². The zero-order chi connectivity index (χ0) is 18.1. The maximum atomic E-state index is 12.5. The average molecular weight is 349 g/mol. The summed E-state index contributed by atoms with van der Waals surface area (Å²) >= 11 is 0. The van der Waals surface area contributed by atoms with E-state index in [4.69, 9.17) is 9.15 Å². The number of aromatic amines is 1. The van der Waals surface area contributed by atoms with Crippen molar-refractivity contribution in [1.82, 2.24) is 15.3 Å². The van der Waals surface area contributed by atoms with E-state index in [0.29, 0.717) is 5.58 Å². The summed E-state index contributed by atoms with van der Waals surface area (Å²) < 4.78 is 10.7. The smallest absolute Gasteiger partial charge is 0.225 e. The Labute approximate surface area is 150 Å². The Morgan fingerprint density at radius 1 is 1.31 bits per heavy atom. The number of carbonyl (C=O) groups excluding carboxylic acids is 1. The van der Waals surface area contributed by atoms with E-state index in [2.05, 4.69) is 15.3 Å². The van der Waals surface area contributed by atoms with Crippen LogP contribution in [0.25, 0.3) is 22.0 Å². The van der Waals surface area contributed by atoms with E-state index in [1.165, 1.54) is 0 Å². The second-order valence-electron chi connectivity index (χ2n) is 6.23. The first-order valence-corrected chi connectivity index (χ1v) is 8.42. The van der Waals surface area contributed by atoms with Gasteiger partial charge in [0.25, 0.3) is 0 Å². The number of nitrogens with zero attached hydrogens (tertiary/aromatic N) is 1. The summed E-state index contributed by atoms with van der Waals surface area (Å²) in [6.07, 6.45) is 1.86. The summed E-state index contributed by atoms with van der Waals surface area (Å²) in [6, 6.07) is 13.2. The molecule has 2 aromatic carbocycles. The molecule has 0 aliphatic rings. The standard InChI is InChI=1S/C20H19N3O3/c1-12(20-22-16-5-3-4-6-17(16)23-20)21-19(24)9-13-11-26-18-10-14(25-2)7-8-15(13)18/h3-8,10-12H,9H2,1-2H3,(H,21,24)(H,22,23)/t12-/m1/s1. The lowest BCUT2D eigenvalue weighted by atomic mass is 10.1. The SMILES string of the molecule is COc1ccc2c(CC(=O)N[C@H](C)c3nc4ccccc4[nH]3)coc2c1. The van der Waals surface area contributed by atoms with E-state index in [9.17, 15) is 4.79 Å². The van der Waals surface area contributed by atoms with Gasteiger partial charge in [-0.2, -0.15) is 0 Å². The highest BCUT2D eigenvalue weighted by molar-refractivity contribution is 5.88. The number of fused-ring (bicyclic) bond motifs is 2. The van der Waals surface area contributed by atoms with Crippen LogP contribution in [-0.4, -0.2) is 23.0 Å². The number of carbonyl (C=O) groups is 1. The molecule has 0 radical (unpaired) electrons. The Kier molecular flexibility index (Phi) is 4.08. The predicted octanol–water partition coefficient (Wildman–Crippen LogP) is 3.74. The predicted molar refractivity (Wildman–Crippen MR) is 99.1 cm³/mol. The van der Waals surface area contributed by atoms with Crippen LogP contribution < -0.4 is 10.1 Å². The number of methoxy groups -OCH3 is 1. The number of hydrogen-bond donors (Lipinski definition) is 2. The Hall–Kier alpha value is -3.28. The topological polar surface area (TPSA) is 80.1 Å². The number of para-hydroxylation sites is 2. The molecule has 0 unspecified atom stereocenters. The number of amides is 1. The third-order valence-corrected chi connectivity index (χ3v) is 4.41. The zero-order valence-electron chi connectivity index (χ0n) is 14.6. The van der Waals surface area contributed by atoms with Crippen LogP contribution in [0.3, 0.4) is 0 Å². The maximum absolute atomic E-state index is 12.5. The van der Waals surface area contributed by atoms with E-state index in [1.807, 2.05) is 49.4 Å². The molecular weight excluding hydrogens is 330 g/mol. The minimum Gasteiger partial charge on any atom is -0.497 e. The summed E-state index contributed by atoms with van der Waals surface area (Å²) in [5, 5.41) is 3.90. The van der Waals surface area contributed by atoms with Crippen molar-refractivity contribution in [2.75, 3.05) is 7.11 Å². The van der Waals surface area contributed by atoms with Gasteiger partial charge in [-0.25, -0.2) is 4.98 Å². The van der Waals surface area contributed by atoms with Crippen molar-refractivity contribution in [3.8, 4) is 5.75 Å². The lowest BCUT2D eigenvalue weighted by molar-refractivity contribution is -0.121. The van der Waals surface area contributed by atoms with Crippen LogP contribution in [0.1, 0.15) is 24.4 Å². The monoisotopic (exact) mass is 349 g/mol. The molecule has 132 valence electrons. The normalized spacial score (nSPS) is 12.4. The van der Waals surface area contributed by atoms with Crippen LogP contribution in [0.4, 0.5) is 0 Å². The molecule has 0 saturated carbocycles. The van der Waals surface area contributed by atoms with Gasteiger partial charge in [0.05, 0.1) is 36.9 Å². The lowest BCUT2D eigenvalue weighted by Crippen LogP contribution is -2.28. The summed E-state index contributed by atoms with van der Waals surface area (Å²) in [7, 11) is 1.61. The highest BCUT2D eigenvalue weighted by Crippen LogP contribution is 2.26. The van der Waals surface area contributed by atoms with Gasteiger partial charge in [0.1, 0.15) is 17.2 Å². The van der Waals surface area contributed by atoms with Gasteiger partial charge in [-0.3, -0.25) is 4.79 Å². The number of benzene rings is 2. The second kappa shape index (κ2) is 6.55. The van der Waals surface area contributed by atoms with Gasteiger partial charge >= 0.3 is 0 Å². The van der Waals surface area contributed by atoms with Crippen LogP contribution in [0.15, 0.2) is 53.1 Å². The average Bonchev–Trinajstić information content (AvgIpc) is 3.25. The highest BCUT2D eigenvalue weighted by Gasteiger charge is 2.16. The summed E-state index contributed by atoms with van der Waals surface area (Å²) in [6.45, 7) is 1.91. The maximum Gasteiger partial charge on any atom is 0.225 e. The van der Waals surface area contributed by atoms with Gasteiger partial charge in [0.15, 0.2) is 0 Å². The third-order valence-electron chi connectivity index (χ3n) is 4.41. The first kappa shape index (κ1) is 16.2. The molecule has 1 atom stereocenters. The molecule has 2 heterocycles. The molecule has 4 aromatic rings. The molecule has 6 heteroatoms. The molecule has 0 aliphatic carbocycles. The molecular formula is C20H19N3O3. The number of rotatable bonds is 5. The molecule has 0 spiro atoms. The van der Waals surface area contributed by atoms with E-state index in [0.717, 1.165) is 33.6 Å². The number of furan rings is 1.